The summed E-state index contributed by atoms with van der Waals surface area (Å²) < 4.78 is 5.08. The van der Waals surface area contributed by atoms with Crippen molar-refractivity contribution < 1.29 is 9.53 Å². The summed E-state index contributed by atoms with van der Waals surface area (Å²) >= 11 is 4.35. The van der Waals surface area contributed by atoms with Crippen molar-refractivity contribution in [3.05, 3.63) is 54.1 Å². The molecule has 18 heavy (non-hydrogen) atoms. The van der Waals surface area contributed by atoms with E-state index in [1.54, 1.807) is 13.0 Å². The fourth-order valence-corrected chi connectivity index (χ4v) is 2.11. The van der Waals surface area contributed by atoms with E-state index in [1.807, 2.05) is 42.5 Å². The van der Waals surface area contributed by atoms with E-state index in [-0.39, 0.29) is 5.97 Å². The molecule has 0 radical (unpaired) electrons. The van der Waals surface area contributed by atoms with E-state index in [9.17, 15) is 4.79 Å². The first kappa shape index (κ1) is 12.7. The molecule has 0 aromatic heterocycles. The Hall–Kier alpha value is -1.74. The molecule has 2 rings (SSSR count). The van der Waals surface area contributed by atoms with Gasteiger partial charge in [0.25, 0.3) is 0 Å². The molecule has 0 N–H and O–H groups in total. The van der Waals surface area contributed by atoms with Crippen LogP contribution >= 0.6 is 12.6 Å². The van der Waals surface area contributed by atoms with Gasteiger partial charge in [-0.05, 0) is 24.1 Å². The highest BCUT2D eigenvalue weighted by atomic mass is 32.1. The molecule has 0 aliphatic carbocycles. The van der Waals surface area contributed by atoms with Crippen LogP contribution in [-0.4, -0.2) is 12.6 Å². The summed E-state index contributed by atoms with van der Waals surface area (Å²) in [6, 6.07) is 15.3. The molecule has 3 heteroatoms. The van der Waals surface area contributed by atoms with Crippen LogP contribution in [0.1, 0.15) is 17.3 Å². The second kappa shape index (κ2) is 5.74. The van der Waals surface area contributed by atoms with Crippen LogP contribution in [0.3, 0.4) is 0 Å². The van der Waals surface area contributed by atoms with Crippen molar-refractivity contribution in [1.29, 1.82) is 0 Å². The van der Waals surface area contributed by atoms with E-state index >= 15 is 0 Å². The Morgan fingerprint density at radius 3 is 2.50 bits per heavy atom. The molecule has 2 nitrogen and oxygen atoms in total. The predicted octanol–water partition coefficient (Wildman–Crippen LogP) is 3.82. The third-order valence-electron chi connectivity index (χ3n) is 2.61. The van der Waals surface area contributed by atoms with Gasteiger partial charge in [-0.2, -0.15) is 0 Å². The van der Waals surface area contributed by atoms with Crippen molar-refractivity contribution in [2.45, 2.75) is 11.8 Å². The predicted molar refractivity (Wildman–Crippen MR) is 75.1 cm³/mol. The molecule has 0 saturated heterocycles. The first-order valence-corrected chi connectivity index (χ1v) is 6.23. The fourth-order valence-electron chi connectivity index (χ4n) is 1.82. The maximum absolute atomic E-state index is 12.0. The highest BCUT2D eigenvalue weighted by molar-refractivity contribution is 7.80. The molecular weight excluding hydrogens is 244 g/mol. The molecule has 0 atom stereocenters. The number of esters is 1. The molecule has 0 unspecified atom stereocenters. The van der Waals surface area contributed by atoms with Crippen molar-refractivity contribution in [3.63, 3.8) is 0 Å². The van der Waals surface area contributed by atoms with Gasteiger partial charge in [0, 0.05) is 4.90 Å². The van der Waals surface area contributed by atoms with E-state index in [0.717, 1.165) is 11.1 Å². The number of rotatable bonds is 3. The van der Waals surface area contributed by atoms with Crippen molar-refractivity contribution in [3.8, 4) is 11.1 Å². The van der Waals surface area contributed by atoms with Gasteiger partial charge in [0.2, 0.25) is 0 Å². The number of carbonyl (C=O) groups is 1. The van der Waals surface area contributed by atoms with Crippen LogP contribution in [-0.2, 0) is 4.74 Å². The molecule has 0 saturated carbocycles. The van der Waals surface area contributed by atoms with Crippen molar-refractivity contribution in [1.82, 2.24) is 0 Å². The Kier molecular flexibility index (Phi) is 4.05. The van der Waals surface area contributed by atoms with E-state index in [1.165, 1.54) is 0 Å². The van der Waals surface area contributed by atoms with Crippen LogP contribution < -0.4 is 0 Å². The number of ether oxygens (including phenoxy) is 1. The van der Waals surface area contributed by atoms with Crippen molar-refractivity contribution in [2.75, 3.05) is 6.61 Å². The summed E-state index contributed by atoms with van der Waals surface area (Å²) in [6.45, 7) is 2.15. The van der Waals surface area contributed by atoms with Crippen LogP contribution in [0.5, 0.6) is 0 Å². The standard InChI is InChI=1S/C15H14O2S/c1-2-17-15(16)14-12(9-6-10-13(14)18)11-7-4-3-5-8-11/h3-10,18H,2H2,1H3. The quantitative estimate of drug-likeness (QED) is 0.669. The zero-order chi connectivity index (χ0) is 13.0. The minimum atomic E-state index is -0.332. The average molecular weight is 258 g/mol. The lowest BCUT2D eigenvalue weighted by atomic mass is 10.00. The Balaban J connectivity index is 2.55. The van der Waals surface area contributed by atoms with Crippen LogP contribution in [0.25, 0.3) is 11.1 Å². The number of carbonyl (C=O) groups excluding carboxylic acids is 1. The average Bonchev–Trinajstić information content (AvgIpc) is 2.39. The highest BCUT2D eigenvalue weighted by Gasteiger charge is 2.16. The van der Waals surface area contributed by atoms with Crippen LogP contribution in [0.15, 0.2) is 53.4 Å². The number of thiol groups is 1. The summed E-state index contributed by atoms with van der Waals surface area (Å²) in [5.41, 5.74) is 2.35. The smallest absolute Gasteiger partial charge is 0.339 e. The van der Waals surface area contributed by atoms with Gasteiger partial charge >= 0.3 is 5.97 Å². The van der Waals surface area contributed by atoms with Crippen molar-refractivity contribution in [2.24, 2.45) is 0 Å². The third kappa shape index (κ3) is 2.57. The zero-order valence-electron chi connectivity index (χ0n) is 10.1. The second-order valence-corrected chi connectivity index (χ2v) is 4.27. The van der Waals surface area contributed by atoms with Crippen molar-refractivity contribution >= 4 is 18.6 Å². The molecule has 0 aliphatic rings. The summed E-state index contributed by atoms with van der Waals surface area (Å²) in [6.07, 6.45) is 0. The van der Waals surface area contributed by atoms with Gasteiger partial charge in [-0.25, -0.2) is 4.79 Å². The Labute approximate surface area is 112 Å². The SMILES string of the molecule is CCOC(=O)c1c(S)cccc1-c1ccccc1. The largest absolute Gasteiger partial charge is 0.462 e. The minimum Gasteiger partial charge on any atom is -0.462 e. The molecule has 0 bridgehead atoms. The topological polar surface area (TPSA) is 26.3 Å². The van der Waals surface area contributed by atoms with Gasteiger partial charge in [-0.15, -0.1) is 12.6 Å². The lowest BCUT2D eigenvalue weighted by Gasteiger charge is -2.11. The van der Waals surface area contributed by atoms with Crippen LogP contribution in [0.4, 0.5) is 0 Å². The Morgan fingerprint density at radius 2 is 1.83 bits per heavy atom. The molecule has 0 heterocycles. The second-order valence-electron chi connectivity index (χ2n) is 3.79. The van der Waals surface area contributed by atoms with Gasteiger partial charge in [-0.1, -0.05) is 42.5 Å². The van der Waals surface area contributed by atoms with E-state index in [2.05, 4.69) is 12.6 Å². The monoisotopic (exact) mass is 258 g/mol. The van der Waals surface area contributed by atoms with Gasteiger partial charge in [0.05, 0.1) is 12.2 Å². The third-order valence-corrected chi connectivity index (χ3v) is 2.98. The van der Waals surface area contributed by atoms with Crippen LogP contribution in [0.2, 0.25) is 0 Å². The number of hydrogen-bond acceptors (Lipinski definition) is 3. The van der Waals surface area contributed by atoms with Crippen LogP contribution in [0, 0.1) is 0 Å². The number of hydrogen-bond donors (Lipinski definition) is 1. The summed E-state index contributed by atoms with van der Waals surface area (Å²) in [7, 11) is 0. The fraction of sp³-hybridized carbons (Fsp3) is 0.133. The molecule has 0 fully saturated rings. The van der Waals surface area contributed by atoms with Gasteiger partial charge < -0.3 is 4.74 Å². The number of benzene rings is 2. The maximum Gasteiger partial charge on any atom is 0.339 e. The Bertz CT molecular complexity index is 550. The minimum absolute atomic E-state index is 0.332. The lowest BCUT2D eigenvalue weighted by molar-refractivity contribution is 0.0523. The zero-order valence-corrected chi connectivity index (χ0v) is 11.0. The van der Waals surface area contributed by atoms with Gasteiger partial charge in [0.1, 0.15) is 0 Å². The first-order chi connectivity index (χ1) is 8.74. The molecule has 0 aliphatic heterocycles. The highest BCUT2D eigenvalue weighted by Crippen LogP contribution is 2.28. The molecular formula is C15H14O2S. The molecule has 92 valence electrons. The molecule has 0 amide bonds. The van der Waals surface area contributed by atoms with E-state index in [4.69, 9.17) is 4.74 Å². The van der Waals surface area contributed by atoms with Gasteiger partial charge in [-0.3, -0.25) is 0 Å². The maximum atomic E-state index is 12.0. The summed E-state index contributed by atoms with van der Waals surface area (Å²) in [4.78, 5) is 12.6. The summed E-state index contributed by atoms with van der Waals surface area (Å²) in [5, 5.41) is 0. The van der Waals surface area contributed by atoms with Gasteiger partial charge in [0.15, 0.2) is 0 Å². The normalized spacial score (nSPS) is 10.1. The molecule has 2 aromatic rings. The molecule has 2 aromatic carbocycles. The van der Waals surface area contributed by atoms with E-state index in [0.29, 0.717) is 17.1 Å². The molecule has 0 spiro atoms. The lowest BCUT2D eigenvalue weighted by Crippen LogP contribution is -2.07. The first-order valence-electron chi connectivity index (χ1n) is 5.78. The Morgan fingerprint density at radius 1 is 1.11 bits per heavy atom. The summed E-state index contributed by atoms with van der Waals surface area (Å²) in [5.74, 6) is -0.332. The van der Waals surface area contributed by atoms with E-state index < -0.39 is 0 Å².